The maximum absolute atomic E-state index is 10.5. The quantitative estimate of drug-likeness (QED) is 0.618. The highest BCUT2D eigenvalue weighted by molar-refractivity contribution is 5.15. The van der Waals surface area contributed by atoms with Crippen molar-refractivity contribution < 1.29 is 5.11 Å². The lowest BCUT2D eigenvalue weighted by atomic mass is 9.48. The van der Waals surface area contributed by atoms with Crippen LogP contribution in [-0.4, -0.2) is 10.7 Å². The first kappa shape index (κ1) is 17.1. The van der Waals surface area contributed by atoms with Crippen molar-refractivity contribution in [1.29, 1.82) is 0 Å². The molecule has 1 nitrogen and oxygen atoms in total. The summed E-state index contributed by atoms with van der Waals surface area (Å²) in [5.41, 5.74) is 1.66. The molecular weight excluding hydrogens is 292 g/mol. The van der Waals surface area contributed by atoms with Gasteiger partial charge >= 0.3 is 0 Å². The summed E-state index contributed by atoms with van der Waals surface area (Å²) in [6, 6.07) is 0. The Morgan fingerprint density at radius 2 is 1.75 bits per heavy atom. The minimum atomic E-state index is -0.381. The molecule has 4 aliphatic carbocycles. The molecule has 0 aromatic rings. The minimum absolute atomic E-state index is 0.381. The van der Waals surface area contributed by atoms with E-state index in [0.29, 0.717) is 5.41 Å². The van der Waals surface area contributed by atoms with Crippen LogP contribution in [0.2, 0.25) is 0 Å². The van der Waals surface area contributed by atoms with E-state index >= 15 is 0 Å². The first-order chi connectivity index (χ1) is 11.4. The maximum Gasteiger partial charge on any atom is 0.0622 e. The van der Waals surface area contributed by atoms with Gasteiger partial charge in [0.25, 0.3) is 0 Å². The number of hydrogen-bond donors (Lipinski definition) is 1. The van der Waals surface area contributed by atoms with E-state index < -0.39 is 0 Å². The molecule has 0 spiro atoms. The minimum Gasteiger partial charge on any atom is -0.390 e. The summed E-state index contributed by atoms with van der Waals surface area (Å²) < 4.78 is 0. The molecule has 0 unspecified atom stereocenters. The topological polar surface area (TPSA) is 20.2 Å². The van der Waals surface area contributed by atoms with E-state index in [-0.39, 0.29) is 5.60 Å². The molecule has 1 heteroatoms. The Morgan fingerprint density at radius 3 is 2.46 bits per heavy atom. The lowest BCUT2D eigenvalue weighted by molar-refractivity contribution is -0.102. The lowest BCUT2D eigenvalue weighted by Gasteiger charge is -2.58. The molecule has 24 heavy (non-hydrogen) atoms. The summed E-state index contributed by atoms with van der Waals surface area (Å²) in [7, 11) is 0. The average molecular weight is 331 g/mol. The second-order valence-corrected chi connectivity index (χ2v) is 10.3. The Balaban J connectivity index is 1.58. The van der Waals surface area contributed by atoms with Crippen LogP contribution in [0, 0.1) is 40.9 Å². The van der Waals surface area contributed by atoms with E-state index in [1.54, 1.807) is 0 Å². The highest BCUT2D eigenvalue weighted by atomic mass is 16.3. The van der Waals surface area contributed by atoms with Gasteiger partial charge in [-0.15, -0.1) is 0 Å². The number of allylic oxidation sites excluding steroid dienone is 1. The summed E-state index contributed by atoms with van der Waals surface area (Å²) in [5.74, 6) is 5.43. The van der Waals surface area contributed by atoms with Gasteiger partial charge in [0, 0.05) is 0 Å². The monoisotopic (exact) mass is 330 g/mol. The molecular formula is C23H38O. The molecule has 8 atom stereocenters. The van der Waals surface area contributed by atoms with Crippen LogP contribution in [0.3, 0.4) is 0 Å². The van der Waals surface area contributed by atoms with E-state index in [0.717, 1.165) is 48.3 Å². The Morgan fingerprint density at radius 1 is 1.00 bits per heavy atom. The fourth-order valence-electron chi connectivity index (χ4n) is 8.31. The molecule has 0 aromatic heterocycles. The smallest absolute Gasteiger partial charge is 0.0622 e. The Hall–Kier alpha value is -0.300. The fraction of sp³-hybridized carbons (Fsp3) is 0.913. The fourth-order valence-corrected chi connectivity index (χ4v) is 8.31. The normalized spacial score (nSPS) is 53.8. The van der Waals surface area contributed by atoms with Crippen LogP contribution in [0.15, 0.2) is 12.2 Å². The van der Waals surface area contributed by atoms with Gasteiger partial charge in [-0.05, 0) is 119 Å². The maximum atomic E-state index is 10.5. The van der Waals surface area contributed by atoms with Crippen LogP contribution in [0.4, 0.5) is 0 Å². The molecule has 0 heterocycles. The summed E-state index contributed by atoms with van der Waals surface area (Å²) in [5, 5.41) is 10.5. The van der Waals surface area contributed by atoms with Crippen molar-refractivity contribution in [2.24, 2.45) is 40.9 Å². The Labute approximate surface area is 149 Å². The summed E-state index contributed by atoms with van der Waals surface area (Å²) >= 11 is 0. The van der Waals surface area contributed by atoms with Crippen LogP contribution in [0.1, 0.15) is 85.0 Å². The van der Waals surface area contributed by atoms with Gasteiger partial charge in [0.2, 0.25) is 0 Å². The van der Waals surface area contributed by atoms with Crippen molar-refractivity contribution in [3.05, 3.63) is 12.2 Å². The van der Waals surface area contributed by atoms with Gasteiger partial charge in [-0.3, -0.25) is 0 Å². The highest BCUT2D eigenvalue weighted by Gasteiger charge is 2.58. The predicted octanol–water partition coefficient (Wildman–Crippen LogP) is 5.97. The molecule has 0 aliphatic heterocycles. The van der Waals surface area contributed by atoms with Gasteiger partial charge in [-0.2, -0.15) is 0 Å². The summed E-state index contributed by atoms with van der Waals surface area (Å²) in [6.45, 7) is 11.2. The zero-order valence-corrected chi connectivity index (χ0v) is 16.2. The Kier molecular flexibility index (Phi) is 4.18. The summed E-state index contributed by atoms with van der Waals surface area (Å²) in [4.78, 5) is 0. The van der Waals surface area contributed by atoms with Crippen molar-refractivity contribution >= 4 is 0 Å². The van der Waals surface area contributed by atoms with Crippen LogP contribution in [0.5, 0.6) is 0 Å². The molecule has 0 bridgehead atoms. The third-order valence-electron chi connectivity index (χ3n) is 9.21. The second kappa shape index (κ2) is 5.86. The standard InChI is InChI=1S/C23H38O/c1-5-23-13-11-18-17-10-12-22(4,24)14-16(17)6-7-19(18)21(23)9-8-20(23)15(2)3/h16-21,24H,2,5-14H2,1,3-4H3/t16-,17+,18-,19-,20-,21+,22-,23-/m1/s1. The highest BCUT2D eigenvalue weighted by Crippen LogP contribution is 2.66. The molecule has 0 saturated heterocycles. The van der Waals surface area contributed by atoms with E-state index in [1.807, 2.05) is 0 Å². The van der Waals surface area contributed by atoms with E-state index in [9.17, 15) is 5.11 Å². The first-order valence-corrected chi connectivity index (χ1v) is 10.8. The van der Waals surface area contributed by atoms with Crippen LogP contribution in [0.25, 0.3) is 0 Å². The molecule has 1 N–H and O–H groups in total. The lowest BCUT2D eigenvalue weighted by Crippen LogP contribution is -2.51. The van der Waals surface area contributed by atoms with Crippen molar-refractivity contribution in [3.8, 4) is 0 Å². The second-order valence-electron chi connectivity index (χ2n) is 10.3. The first-order valence-electron chi connectivity index (χ1n) is 10.8. The van der Waals surface area contributed by atoms with Gasteiger partial charge in [0.1, 0.15) is 0 Å². The van der Waals surface area contributed by atoms with E-state index in [2.05, 4.69) is 27.4 Å². The predicted molar refractivity (Wildman–Crippen MR) is 101 cm³/mol. The van der Waals surface area contributed by atoms with Gasteiger partial charge in [-0.1, -0.05) is 19.1 Å². The molecule has 136 valence electrons. The van der Waals surface area contributed by atoms with Crippen molar-refractivity contribution in [3.63, 3.8) is 0 Å². The average Bonchev–Trinajstić information content (AvgIpc) is 2.93. The Bertz CT molecular complexity index is 506. The number of fused-ring (bicyclic) bond motifs is 5. The SMILES string of the molecule is C=C(C)[C@H]1CC[C@H]2[C@@H]3CC[C@@H]4C[C@](C)(O)CC[C@@H]4[C@H]3CC[C@]12CC. The zero-order valence-electron chi connectivity index (χ0n) is 16.2. The largest absolute Gasteiger partial charge is 0.390 e. The third kappa shape index (κ3) is 2.44. The van der Waals surface area contributed by atoms with E-state index in [4.69, 9.17) is 0 Å². The van der Waals surface area contributed by atoms with Gasteiger partial charge in [-0.25, -0.2) is 0 Å². The van der Waals surface area contributed by atoms with Crippen molar-refractivity contribution in [1.82, 2.24) is 0 Å². The van der Waals surface area contributed by atoms with Crippen LogP contribution < -0.4 is 0 Å². The van der Waals surface area contributed by atoms with Crippen LogP contribution in [-0.2, 0) is 0 Å². The molecule has 0 radical (unpaired) electrons. The molecule has 4 aliphatic rings. The van der Waals surface area contributed by atoms with Gasteiger partial charge in [0.05, 0.1) is 5.60 Å². The summed E-state index contributed by atoms with van der Waals surface area (Å²) in [6.07, 6.45) is 13.4. The van der Waals surface area contributed by atoms with E-state index in [1.165, 1.54) is 56.9 Å². The third-order valence-corrected chi connectivity index (χ3v) is 9.21. The van der Waals surface area contributed by atoms with Gasteiger partial charge < -0.3 is 5.11 Å². The molecule has 4 rings (SSSR count). The number of rotatable bonds is 2. The number of aliphatic hydroxyl groups is 1. The van der Waals surface area contributed by atoms with Crippen molar-refractivity contribution in [2.45, 2.75) is 90.6 Å². The molecule has 4 saturated carbocycles. The molecule has 4 fully saturated rings. The zero-order chi connectivity index (χ0) is 17.1. The number of hydrogen-bond acceptors (Lipinski definition) is 1. The molecule has 0 aromatic carbocycles. The van der Waals surface area contributed by atoms with Crippen molar-refractivity contribution in [2.75, 3.05) is 0 Å². The van der Waals surface area contributed by atoms with Crippen LogP contribution >= 0.6 is 0 Å². The van der Waals surface area contributed by atoms with Gasteiger partial charge in [0.15, 0.2) is 0 Å². The molecule has 0 amide bonds.